The molecule has 0 heterocycles. The first kappa shape index (κ1) is 16.8. The Kier molecular flexibility index (Phi) is 6.06. The van der Waals surface area contributed by atoms with E-state index in [2.05, 4.69) is 21.2 Å². The third-order valence-electron chi connectivity index (χ3n) is 3.17. The molecule has 5 heteroatoms. The quantitative estimate of drug-likeness (QED) is 0.681. The van der Waals surface area contributed by atoms with Crippen LogP contribution in [0, 0.1) is 5.82 Å². The van der Waals surface area contributed by atoms with Crippen LogP contribution < -0.4 is 5.32 Å². The SMILES string of the molecule is CCNC(Cc1cc(Cl)ccc1F)c1cc(Cl)cc(Br)c1. The summed E-state index contributed by atoms with van der Waals surface area (Å²) in [5.41, 5.74) is 1.60. The van der Waals surface area contributed by atoms with Crippen LogP contribution in [0.2, 0.25) is 10.0 Å². The molecule has 0 bridgehead atoms. The Balaban J connectivity index is 2.32. The molecule has 1 atom stereocenters. The van der Waals surface area contributed by atoms with Gasteiger partial charge in [0.2, 0.25) is 0 Å². The van der Waals surface area contributed by atoms with Crippen LogP contribution in [0.5, 0.6) is 0 Å². The highest BCUT2D eigenvalue weighted by Crippen LogP contribution is 2.27. The van der Waals surface area contributed by atoms with Crippen LogP contribution >= 0.6 is 39.1 Å². The van der Waals surface area contributed by atoms with E-state index in [-0.39, 0.29) is 11.9 Å². The monoisotopic (exact) mass is 389 g/mol. The van der Waals surface area contributed by atoms with Crippen LogP contribution in [0.4, 0.5) is 4.39 Å². The number of hydrogen-bond acceptors (Lipinski definition) is 1. The highest BCUT2D eigenvalue weighted by Gasteiger charge is 2.15. The molecule has 2 rings (SSSR count). The van der Waals surface area contributed by atoms with Crippen molar-refractivity contribution in [1.82, 2.24) is 5.32 Å². The van der Waals surface area contributed by atoms with Crippen LogP contribution in [0.15, 0.2) is 40.9 Å². The van der Waals surface area contributed by atoms with E-state index in [4.69, 9.17) is 23.2 Å². The zero-order valence-electron chi connectivity index (χ0n) is 11.5. The van der Waals surface area contributed by atoms with E-state index in [1.807, 2.05) is 25.1 Å². The Bertz CT molecular complexity index is 613. The number of likely N-dealkylation sites (N-methyl/N-ethyl adjacent to an activating group) is 1. The van der Waals surface area contributed by atoms with Crippen LogP contribution in [-0.4, -0.2) is 6.54 Å². The molecule has 0 spiro atoms. The summed E-state index contributed by atoms with van der Waals surface area (Å²) in [4.78, 5) is 0. The molecule has 0 fully saturated rings. The van der Waals surface area contributed by atoms with Crippen molar-refractivity contribution < 1.29 is 4.39 Å². The molecule has 0 aliphatic heterocycles. The van der Waals surface area contributed by atoms with Gasteiger partial charge in [0.1, 0.15) is 5.82 Å². The van der Waals surface area contributed by atoms with E-state index < -0.39 is 0 Å². The highest BCUT2D eigenvalue weighted by molar-refractivity contribution is 9.10. The molecule has 2 aromatic rings. The lowest BCUT2D eigenvalue weighted by Crippen LogP contribution is -2.23. The van der Waals surface area contributed by atoms with E-state index in [1.54, 1.807) is 12.1 Å². The van der Waals surface area contributed by atoms with E-state index in [0.29, 0.717) is 22.0 Å². The molecular weight excluding hydrogens is 376 g/mol. The average Bonchev–Trinajstić information content (AvgIpc) is 2.41. The molecule has 1 nitrogen and oxygen atoms in total. The molecule has 0 aromatic heterocycles. The van der Waals surface area contributed by atoms with E-state index in [9.17, 15) is 4.39 Å². The van der Waals surface area contributed by atoms with Gasteiger partial charge >= 0.3 is 0 Å². The summed E-state index contributed by atoms with van der Waals surface area (Å²) < 4.78 is 14.8. The lowest BCUT2D eigenvalue weighted by Gasteiger charge is -2.19. The fourth-order valence-electron chi connectivity index (χ4n) is 2.25. The summed E-state index contributed by atoms with van der Waals surface area (Å²) in [6.45, 7) is 2.79. The number of benzene rings is 2. The van der Waals surface area contributed by atoms with Crippen molar-refractivity contribution in [3.8, 4) is 0 Å². The third kappa shape index (κ3) is 4.68. The predicted octanol–water partition coefficient (Wildman–Crippen LogP) is 5.79. The number of hydrogen-bond donors (Lipinski definition) is 1. The number of nitrogens with one attached hydrogen (secondary N) is 1. The Morgan fingerprint density at radius 2 is 1.90 bits per heavy atom. The van der Waals surface area contributed by atoms with Crippen molar-refractivity contribution in [1.29, 1.82) is 0 Å². The summed E-state index contributed by atoms with van der Waals surface area (Å²) in [5, 5.41) is 4.54. The maximum Gasteiger partial charge on any atom is 0.126 e. The molecule has 21 heavy (non-hydrogen) atoms. The van der Waals surface area contributed by atoms with Gasteiger partial charge in [-0.15, -0.1) is 0 Å². The molecule has 1 N–H and O–H groups in total. The van der Waals surface area contributed by atoms with Gasteiger partial charge in [-0.3, -0.25) is 0 Å². The number of halogens is 4. The first-order valence-corrected chi connectivity index (χ1v) is 8.17. The fraction of sp³-hybridized carbons (Fsp3) is 0.250. The van der Waals surface area contributed by atoms with E-state index in [1.165, 1.54) is 6.07 Å². The Morgan fingerprint density at radius 3 is 2.57 bits per heavy atom. The minimum Gasteiger partial charge on any atom is -0.310 e. The van der Waals surface area contributed by atoms with Gasteiger partial charge in [0.05, 0.1) is 0 Å². The molecule has 0 saturated carbocycles. The van der Waals surface area contributed by atoms with Gasteiger partial charge in [-0.05, 0) is 60.5 Å². The van der Waals surface area contributed by atoms with E-state index >= 15 is 0 Å². The van der Waals surface area contributed by atoms with Gasteiger partial charge in [-0.25, -0.2) is 4.39 Å². The Morgan fingerprint density at radius 1 is 1.14 bits per heavy atom. The van der Waals surface area contributed by atoms with Gasteiger partial charge in [0.25, 0.3) is 0 Å². The zero-order valence-corrected chi connectivity index (χ0v) is 14.6. The molecule has 0 saturated heterocycles. The van der Waals surface area contributed by atoms with Crippen molar-refractivity contribution in [3.63, 3.8) is 0 Å². The van der Waals surface area contributed by atoms with Crippen molar-refractivity contribution in [2.45, 2.75) is 19.4 Å². The largest absolute Gasteiger partial charge is 0.310 e. The zero-order chi connectivity index (χ0) is 15.4. The lowest BCUT2D eigenvalue weighted by atomic mass is 9.98. The normalized spacial score (nSPS) is 12.4. The predicted molar refractivity (Wildman–Crippen MR) is 90.7 cm³/mol. The average molecular weight is 391 g/mol. The maximum atomic E-state index is 13.9. The summed E-state index contributed by atoms with van der Waals surface area (Å²) in [6.07, 6.45) is 0.507. The summed E-state index contributed by atoms with van der Waals surface area (Å²) in [6, 6.07) is 10.3. The van der Waals surface area contributed by atoms with Crippen molar-refractivity contribution in [2.75, 3.05) is 6.54 Å². The third-order valence-corrected chi connectivity index (χ3v) is 4.08. The Hall–Kier alpha value is -0.610. The number of rotatable bonds is 5. The van der Waals surface area contributed by atoms with Gasteiger partial charge < -0.3 is 5.32 Å². The molecular formula is C16H15BrCl2FN. The fourth-order valence-corrected chi connectivity index (χ4v) is 3.33. The summed E-state index contributed by atoms with van der Waals surface area (Å²) in [7, 11) is 0. The van der Waals surface area contributed by atoms with Crippen molar-refractivity contribution in [3.05, 3.63) is 67.9 Å². The van der Waals surface area contributed by atoms with Gasteiger partial charge in [-0.2, -0.15) is 0 Å². The lowest BCUT2D eigenvalue weighted by molar-refractivity contribution is 0.528. The smallest absolute Gasteiger partial charge is 0.126 e. The second-order valence-electron chi connectivity index (χ2n) is 4.75. The second kappa shape index (κ2) is 7.59. The van der Waals surface area contributed by atoms with Crippen molar-refractivity contribution >= 4 is 39.1 Å². The molecule has 1 unspecified atom stereocenters. The van der Waals surface area contributed by atoms with Crippen molar-refractivity contribution in [2.24, 2.45) is 0 Å². The molecule has 0 amide bonds. The second-order valence-corrected chi connectivity index (χ2v) is 6.54. The van der Waals surface area contributed by atoms with Crippen LogP contribution in [0.25, 0.3) is 0 Å². The molecule has 0 radical (unpaired) electrons. The molecule has 0 aliphatic carbocycles. The van der Waals surface area contributed by atoms with Gasteiger partial charge in [-0.1, -0.05) is 46.1 Å². The molecule has 0 aliphatic rings. The first-order valence-electron chi connectivity index (χ1n) is 6.63. The van der Waals surface area contributed by atoms with Crippen LogP contribution in [-0.2, 0) is 6.42 Å². The standard InChI is InChI=1S/C16H15BrCl2FN/c1-2-21-16(11-5-12(17)9-14(19)7-11)8-10-6-13(18)3-4-15(10)20/h3-7,9,16,21H,2,8H2,1H3. The summed E-state index contributed by atoms with van der Waals surface area (Å²) >= 11 is 15.5. The Labute approximate surface area is 142 Å². The van der Waals surface area contributed by atoms with Gasteiger partial charge in [0, 0.05) is 20.6 Å². The van der Waals surface area contributed by atoms with Gasteiger partial charge in [0.15, 0.2) is 0 Å². The van der Waals surface area contributed by atoms with E-state index in [0.717, 1.165) is 16.6 Å². The summed E-state index contributed by atoms with van der Waals surface area (Å²) in [5.74, 6) is -0.247. The molecule has 2 aromatic carbocycles. The topological polar surface area (TPSA) is 12.0 Å². The minimum absolute atomic E-state index is 0.0297. The van der Waals surface area contributed by atoms with Crippen LogP contribution in [0.3, 0.4) is 0 Å². The molecule has 112 valence electrons. The highest BCUT2D eigenvalue weighted by atomic mass is 79.9. The maximum absolute atomic E-state index is 13.9. The van der Waals surface area contributed by atoms with Crippen LogP contribution in [0.1, 0.15) is 24.1 Å². The first-order chi connectivity index (χ1) is 9.99. The minimum atomic E-state index is -0.247.